The molecule has 106 valence electrons. The molecule has 4 heteroatoms. The molecule has 0 saturated heterocycles. The van der Waals surface area contributed by atoms with E-state index < -0.39 is 28.8 Å². The van der Waals surface area contributed by atoms with E-state index in [-0.39, 0.29) is 0 Å². The van der Waals surface area contributed by atoms with Crippen LogP contribution in [0.5, 0.6) is 0 Å². The van der Waals surface area contributed by atoms with Crippen LogP contribution in [0.3, 0.4) is 0 Å². The third-order valence-electron chi connectivity index (χ3n) is 2.87. The lowest BCUT2D eigenvalue weighted by Gasteiger charge is -2.19. The number of aryl methyl sites for hydroxylation is 1. The predicted octanol–water partition coefficient (Wildman–Crippen LogP) is 3.16. The van der Waals surface area contributed by atoms with Gasteiger partial charge in [0.1, 0.15) is 6.67 Å². The van der Waals surface area contributed by atoms with Crippen molar-refractivity contribution in [2.45, 2.75) is 43.4 Å². The molecule has 0 aliphatic heterocycles. The third-order valence-corrected chi connectivity index (χ3v) is 4.67. The monoisotopic (exact) mass is 284 g/mol. The Morgan fingerprint density at radius 3 is 2.42 bits per heavy atom. The Hall–Kier alpha value is -1.00. The van der Waals surface area contributed by atoms with Gasteiger partial charge in [-0.25, -0.2) is 4.39 Å². The second-order valence-electron chi connectivity index (χ2n) is 4.89. The van der Waals surface area contributed by atoms with Gasteiger partial charge in [0.15, 0.2) is 0 Å². The highest BCUT2D eigenvalue weighted by atomic mass is 32.2. The fourth-order valence-electron chi connectivity index (χ4n) is 1.69. The van der Waals surface area contributed by atoms with Gasteiger partial charge in [0.25, 0.3) is 0 Å². The quantitative estimate of drug-likeness (QED) is 0.815. The molecule has 1 unspecified atom stereocenters. The SMILES string of the molecule is CC(C)=CC[C@H]([C@@H](O)CF)S(=O)c1ccc(C)cc1. The minimum atomic E-state index is -1.41. The van der Waals surface area contributed by atoms with Crippen LogP contribution in [0.1, 0.15) is 25.8 Å². The van der Waals surface area contributed by atoms with E-state index in [1.54, 1.807) is 12.1 Å². The maximum absolute atomic E-state index is 12.7. The molecule has 0 amide bonds. The van der Waals surface area contributed by atoms with Gasteiger partial charge in [-0.15, -0.1) is 0 Å². The second kappa shape index (κ2) is 7.56. The third kappa shape index (κ3) is 4.88. The summed E-state index contributed by atoms with van der Waals surface area (Å²) in [5, 5.41) is 9.11. The fraction of sp³-hybridized carbons (Fsp3) is 0.467. The topological polar surface area (TPSA) is 37.3 Å². The number of aliphatic hydroxyl groups excluding tert-OH is 1. The first-order chi connectivity index (χ1) is 8.95. The van der Waals surface area contributed by atoms with E-state index in [0.717, 1.165) is 11.1 Å². The van der Waals surface area contributed by atoms with E-state index >= 15 is 0 Å². The van der Waals surface area contributed by atoms with Crippen molar-refractivity contribution in [1.82, 2.24) is 0 Å². The fourth-order valence-corrected chi connectivity index (χ4v) is 3.07. The van der Waals surface area contributed by atoms with Gasteiger partial charge in [-0.05, 0) is 39.3 Å². The molecule has 1 aromatic carbocycles. The van der Waals surface area contributed by atoms with E-state index in [2.05, 4.69) is 0 Å². The molecule has 0 radical (unpaired) electrons. The van der Waals surface area contributed by atoms with Crippen LogP contribution in [0, 0.1) is 6.92 Å². The van der Waals surface area contributed by atoms with Crippen LogP contribution in [0.25, 0.3) is 0 Å². The van der Waals surface area contributed by atoms with Gasteiger partial charge in [0.05, 0.1) is 22.2 Å². The van der Waals surface area contributed by atoms with Crippen molar-refractivity contribution in [3.8, 4) is 0 Å². The van der Waals surface area contributed by atoms with Crippen LogP contribution in [0.2, 0.25) is 0 Å². The molecule has 1 aromatic rings. The summed E-state index contributed by atoms with van der Waals surface area (Å²) < 4.78 is 25.1. The molecular weight excluding hydrogens is 263 g/mol. The summed E-state index contributed by atoms with van der Waals surface area (Å²) in [4.78, 5) is 0.630. The maximum atomic E-state index is 12.7. The van der Waals surface area contributed by atoms with Gasteiger partial charge < -0.3 is 5.11 Å². The molecule has 1 rings (SSSR count). The number of hydrogen-bond acceptors (Lipinski definition) is 2. The molecule has 0 saturated carbocycles. The lowest BCUT2D eigenvalue weighted by molar-refractivity contribution is 0.136. The Bertz CT molecular complexity index is 450. The zero-order chi connectivity index (χ0) is 14.4. The van der Waals surface area contributed by atoms with Gasteiger partial charge in [0.2, 0.25) is 0 Å². The van der Waals surface area contributed by atoms with E-state index in [4.69, 9.17) is 0 Å². The Labute approximate surface area is 116 Å². The molecule has 0 aliphatic carbocycles. The minimum Gasteiger partial charge on any atom is -0.389 e. The van der Waals surface area contributed by atoms with Gasteiger partial charge in [-0.3, -0.25) is 4.21 Å². The molecule has 19 heavy (non-hydrogen) atoms. The number of rotatable bonds is 6. The number of hydrogen-bond donors (Lipinski definition) is 1. The number of halogens is 1. The zero-order valence-electron chi connectivity index (χ0n) is 11.6. The normalized spacial score (nSPS) is 15.6. The maximum Gasteiger partial charge on any atom is 0.116 e. The molecular formula is C15H21FO2S. The van der Waals surface area contributed by atoms with Crippen molar-refractivity contribution in [3.63, 3.8) is 0 Å². The summed E-state index contributed by atoms with van der Waals surface area (Å²) in [5.74, 6) is 0. The van der Waals surface area contributed by atoms with Crippen molar-refractivity contribution < 1.29 is 13.7 Å². The first kappa shape index (κ1) is 16.1. The lowest BCUT2D eigenvalue weighted by Crippen LogP contribution is -2.31. The highest BCUT2D eigenvalue weighted by molar-refractivity contribution is 7.85. The largest absolute Gasteiger partial charge is 0.389 e. The highest BCUT2D eigenvalue weighted by Gasteiger charge is 2.25. The first-order valence-corrected chi connectivity index (χ1v) is 7.51. The summed E-state index contributed by atoms with van der Waals surface area (Å²) in [7, 11) is -1.41. The smallest absolute Gasteiger partial charge is 0.116 e. The van der Waals surface area contributed by atoms with Gasteiger partial charge in [-0.1, -0.05) is 29.3 Å². The van der Waals surface area contributed by atoms with Gasteiger partial charge >= 0.3 is 0 Å². The molecule has 0 aromatic heterocycles. The Morgan fingerprint density at radius 1 is 1.37 bits per heavy atom. The Kier molecular flexibility index (Phi) is 6.38. The number of aliphatic hydroxyl groups is 1. The van der Waals surface area contributed by atoms with Crippen LogP contribution >= 0.6 is 0 Å². The van der Waals surface area contributed by atoms with Crippen LogP contribution in [0.4, 0.5) is 4.39 Å². The predicted molar refractivity (Wildman–Crippen MR) is 77.4 cm³/mol. The molecule has 0 spiro atoms. The molecule has 0 fully saturated rings. The van der Waals surface area contributed by atoms with Crippen molar-refractivity contribution in [3.05, 3.63) is 41.5 Å². The summed E-state index contributed by atoms with van der Waals surface area (Å²) in [6.07, 6.45) is 1.10. The molecule has 0 bridgehead atoms. The van der Waals surface area contributed by atoms with Crippen molar-refractivity contribution in [2.24, 2.45) is 0 Å². The van der Waals surface area contributed by atoms with Gasteiger partial charge in [-0.2, -0.15) is 0 Å². The van der Waals surface area contributed by atoms with Crippen LogP contribution < -0.4 is 0 Å². The molecule has 0 heterocycles. The number of alkyl halides is 1. The van der Waals surface area contributed by atoms with Crippen LogP contribution in [-0.4, -0.2) is 27.3 Å². The Morgan fingerprint density at radius 2 is 1.95 bits per heavy atom. The van der Waals surface area contributed by atoms with Crippen molar-refractivity contribution in [1.29, 1.82) is 0 Å². The summed E-state index contributed by atoms with van der Waals surface area (Å²) >= 11 is 0. The summed E-state index contributed by atoms with van der Waals surface area (Å²) in [5.41, 5.74) is 2.14. The van der Waals surface area contributed by atoms with Crippen LogP contribution in [0.15, 0.2) is 40.8 Å². The van der Waals surface area contributed by atoms with E-state index in [9.17, 15) is 13.7 Å². The highest BCUT2D eigenvalue weighted by Crippen LogP contribution is 2.19. The number of benzene rings is 1. The average Bonchev–Trinajstić information content (AvgIpc) is 2.38. The summed E-state index contributed by atoms with van der Waals surface area (Å²) in [6, 6.07) is 7.28. The zero-order valence-corrected chi connectivity index (χ0v) is 12.4. The van der Waals surface area contributed by atoms with E-state index in [0.29, 0.717) is 11.3 Å². The van der Waals surface area contributed by atoms with Crippen molar-refractivity contribution in [2.75, 3.05) is 6.67 Å². The molecule has 3 atom stereocenters. The summed E-state index contributed by atoms with van der Waals surface area (Å²) in [6.45, 7) is 4.92. The lowest BCUT2D eigenvalue weighted by atomic mass is 10.1. The minimum absolute atomic E-state index is 0.411. The molecule has 1 N–H and O–H groups in total. The standard InChI is InChI=1S/C15H21FO2S/c1-11(2)4-9-15(14(17)10-16)19(18)13-7-5-12(3)6-8-13/h4-8,14-15,17H,9-10H2,1-3H3/t14-,15+,19?/m0/s1. The van der Waals surface area contributed by atoms with Crippen LogP contribution in [-0.2, 0) is 10.8 Å². The van der Waals surface area contributed by atoms with Gasteiger partial charge in [0, 0.05) is 4.90 Å². The van der Waals surface area contributed by atoms with E-state index in [1.807, 2.05) is 39.0 Å². The average molecular weight is 284 g/mol. The molecule has 2 nitrogen and oxygen atoms in total. The molecule has 0 aliphatic rings. The van der Waals surface area contributed by atoms with Crippen molar-refractivity contribution >= 4 is 10.8 Å². The number of allylic oxidation sites excluding steroid dienone is 2. The second-order valence-corrected chi connectivity index (χ2v) is 6.56. The van der Waals surface area contributed by atoms with E-state index in [1.165, 1.54) is 0 Å². The first-order valence-electron chi connectivity index (χ1n) is 6.30. The Balaban J connectivity index is 2.93.